The SMILES string of the molecule is O=C(Nc1ccc(C2CCNCC2)cc1F)C1CN(c2ccnnc2)C1. The summed E-state index contributed by atoms with van der Waals surface area (Å²) in [6.45, 7) is 3.14. The zero-order chi connectivity index (χ0) is 17.9. The number of hydrogen-bond acceptors (Lipinski definition) is 5. The minimum absolute atomic E-state index is 0.142. The molecule has 0 atom stereocenters. The van der Waals surface area contributed by atoms with Crippen molar-refractivity contribution in [3.05, 3.63) is 48.0 Å². The van der Waals surface area contributed by atoms with Gasteiger partial charge in [-0.05, 0) is 55.6 Å². The molecule has 4 rings (SSSR count). The van der Waals surface area contributed by atoms with Gasteiger partial charge < -0.3 is 15.5 Å². The smallest absolute Gasteiger partial charge is 0.231 e. The fourth-order valence-electron chi connectivity index (χ4n) is 3.60. The number of piperidine rings is 1. The number of aromatic nitrogens is 2. The molecule has 0 bridgehead atoms. The van der Waals surface area contributed by atoms with E-state index in [4.69, 9.17) is 0 Å². The first kappa shape index (κ1) is 16.9. The average Bonchev–Trinajstić information content (AvgIpc) is 2.64. The molecule has 0 radical (unpaired) electrons. The van der Waals surface area contributed by atoms with Crippen molar-refractivity contribution in [2.75, 3.05) is 36.4 Å². The van der Waals surface area contributed by atoms with Crippen molar-refractivity contribution in [3.8, 4) is 0 Å². The van der Waals surface area contributed by atoms with Crippen molar-refractivity contribution in [1.29, 1.82) is 0 Å². The van der Waals surface area contributed by atoms with Crippen molar-refractivity contribution in [2.45, 2.75) is 18.8 Å². The summed E-state index contributed by atoms with van der Waals surface area (Å²) in [6, 6.07) is 7.06. The highest BCUT2D eigenvalue weighted by atomic mass is 19.1. The predicted molar refractivity (Wildman–Crippen MR) is 97.6 cm³/mol. The van der Waals surface area contributed by atoms with E-state index in [2.05, 4.69) is 25.7 Å². The quantitative estimate of drug-likeness (QED) is 0.880. The van der Waals surface area contributed by atoms with Crippen molar-refractivity contribution in [1.82, 2.24) is 15.5 Å². The summed E-state index contributed by atoms with van der Waals surface area (Å²) < 4.78 is 14.4. The van der Waals surface area contributed by atoms with E-state index in [-0.39, 0.29) is 23.3 Å². The van der Waals surface area contributed by atoms with Gasteiger partial charge in [-0.25, -0.2) is 4.39 Å². The van der Waals surface area contributed by atoms with Crippen molar-refractivity contribution in [2.24, 2.45) is 5.92 Å². The Bertz CT molecular complexity index is 773. The molecule has 6 nitrogen and oxygen atoms in total. The first-order chi connectivity index (χ1) is 12.7. The lowest BCUT2D eigenvalue weighted by Gasteiger charge is -2.39. The monoisotopic (exact) mass is 355 g/mol. The normalized spacial score (nSPS) is 18.4. The minimum atomic E-state index is -0.358. The molecular formula is C19H22FN5O. The Balaban J connectivity index is 1.35. The number of halogens is 1. The van der Waals surface area contributed by atoms with Crippen molar-refractivity contribution in [3.63, 3.8) is 0 Å². The van der Waals surface area contributed by atoms with Gasteiger partial charge in [-0.3, -0.25) is 4.79 Å². The molecule has 136 valence electrons. The molecule has 1 aromatic heterocycles. The van der Waals surface area contributed by atoms with Gasteiger partial charge >= 0.3 is 0 Å². The van der Waals surface area contributed by atoms with E-state index in [0.717, 1.165) is 37.2 Å². The maximum Gasteiger partial charge on any atom is 0.231 e. The molecule has 0 spiro atoms. The summed E-state index contributed by atoms with van der Waals surface area (Å²) in [5.41, 5.74) is 2.22. The van der Waals surface area contributed by atoms with Crippen LogP contribution in [0.15, 0.2) is 36.7 Å². The number of benzene rings is 1. The molecule has 2 aliphatic heterocycles. The molecule has 0 saturated carbocycles. The van der Waals surface area contributed by atoms with Gasteiger partial charge in [-0.1, -0.05) is 6.07 Å². The fourth-order valence-corrected chi connectivity index (χ4v) is 3.60. The molecule has 2 fully saturated rings. The minimum Gasteiger partial charge on any atom is -0.368 e. The lowest BCUT2D eigenvalue weighted by Crippen LogP contribution is -2.52. The summed E-state index contributed by atoms with van der Waals surface area (Å²) >= 11 is 0. The maximum atomic E-state index is 14.4. The number of anilines is 2. The van der Waals surface area contributed by atoms with Gasteiger partial charge in [0.1, 0.15) is 5.82 Å². The molecule has 7 heteroatoms. The van der Waals surface area contributed by atoms with Crippen LogP contribution in [0.25, 0.3) is 0 Å². The van der Waals surface area contributed by atoms with Gasteiger partial charge in [-0.2, -0.15) is 10.2 Å². The van der Waals surface area contributed by atoms with E-state index in [0.29, 0.717) is 19.0 Å². The van der Waals surface area contributed by atoms with Gasteiger partial charge in [0, 0.05) is 13.1 Å². The topological polar surface area (TPSA) is 70.2 Å². The Kier molecular flexibility index (Phi) is 4.79. The first-order valence-electron chi connectivity index (χ1n) is 9.03. The van der Waals surface area contributed by atoms with E-state index in [1.54, 1.807) is 24.5 Å². The third-order valence-electron chi connectivity index (χ3n) is 5.25. The first-order valence-corrected chi connectivity index (χ1v) is 9.03. The Morgan fingerprint density at radius 2 is 2.00 bits per heavy atom. The van der Waals surface area contributed by atoms with E-state index in [9.17, 15) is 9.18 Å². The van der Waals surface area contributed by atoms with Crippen LogP contribution in [0.5, 0.6) is 0 Å². The van der Waals surface area contributed by atoms with Crippen molar-refractivity contribution >= 4 is 17.3 Å². The van der Waals surface area contributed by atoms with Gasteiger partial charge in [0.05, 0.1) is 29.7 Å². The highest BCUT2D eigenvalue weighted by molar-refractivity contribution is 5.94. The number of rotatable bonds is 4. The Labute approximate surface area is 151 Å². The highest BCUT2D eigenvalue weighted by Crippen LogP contribution is 2.29. The van der Waals surface area contributed by atoms with Crippen LogP contribution in [0.4, 0.5) is 15.8 Å². The zero-order valence-electron chi connectivity index (χ0n) is 14.5. The third-order valence-corrected chi connectivity index (χ3v) is 5.25. The predicted octanol–water partition coefficient (Wildman–Crippen LogP) is 2.16. The van der Waals surface area contributed by atoms with E-state index < -0.39 is 0 Å². The van der Waals surface area contributed by atoms with Gasteiger partial charge in [0.2, 0.25) is 5.91 Å². The van der Waals surface area contributed by atoms with Crippen LogP contribution in [0.3, 0.4) is 0 Å². The summed E-state index contributed by atoms with van der Waals surface area (Å²) in [6.07, 6.45) is 5.34. The number of nitrogens with zero attached hydrogens (tertiary/aromatic N) is 3. The number of nitrogens with one attached hydrogen (secondary N) is 2. The lowest BCUT2D eigenvalue weighted by atomic mass is 9.90. The molecule has 1 aromatic carbocycles. The molecule has 2 N–H and O–H groups in total. The molecule has 2 aliphatic rings. The Hall–Kier alpha value is -2.54. The molecule has 2 aromatic rings. The fraction of sp³-hybridized carbons (Fsp3) is 0.421. The van der Waals surface area contributed by atoms with Crippen LogP contribution in [-0.4, -0.2) is 42.3 Å². The number of carbonyl (C=O) groups is 1. The van der Waals surface area contributed by atoms with Gasteiger partial charge in [0.25, 0.3) is 0 Å². The summed E-state index contributed by atoms with van der Waals surface area (Å²) in [5.74, 6) is -0.253. The van der Waals surface area contributed by atoms with Crippen LogP contribution in [0, 0.1) is 11.7 Å². The molecule has 0 unspecified atom stereocenters. The molecule has 1 amide bonds. The van der Waals surface area contributed by atoms with Crippen LogP contribution in [0.2, 0.25) is 0 Å². The number of carbonyl (C=O) groups excluding carboxylic acids is 1. The third kappa shape index (κ3) is 3.53. The summed E-state index contributed by atoms with van der Waals surface area (Å²) in [5, 5.41) is 13.6. The van der Waals surface area contributed by atoms with Gasteiger partial charge in [-0.15, -0.1) is 0 Å². The van der Waals surface area contributed by atoms with Crippen LogP contribution in [-0.2, 0) is 4.79 Å². The average molecular weight is 355 g/mol. The van der Waals surface area contributed by atoms with Crippen LogP contribution >= 0.6 is 0 Å². The van der Waals surface area contributed by atoms with E-state index in [1.807, 2.05) is 12.1 Å². The summed E-state index contributed by atoms with van der Waals surface area (Å²) in [7, 11) is 0. The Morgan fingerprint density at radius 1 is 1.19 bits per heavy atom. The highest BCUT2D eigenvalue weighted by Gasteiger charge is 2.33. The molecule has 2 saturated heterocycles. The Morgan fingerprint density at radius 3 is 2.69 bits per heavy atom. The van der Waals surface area contributed by atoms with E-state index in [1.165, 1.54) is 0 Å². The lowest BCUT2D eigenvalue weighted by molar-refractivity contribution is -0.120. The van der Waals surface area contributed by atoms with E-state index >= 15 is 0 Å². The largest absolute Gasteiger partial charge is 0.368 e. The molecule has 26 heavy (non-hydrogen) atoms. The van der Waals surface area contributed by atoms with Gasteiger partial charge in [0.15, 0.2) is 0 Å². The number of hydrogen-bond donors (Lipinski definition) is 2. The second-order valence-corrected chi connectivity index (χ2v) is 6.96. The summed E-state index contributed by atoms with van der Waals surface area (Å²) in [4.78, 5) is 14.4. The molecule has 0 aliphatic carbocycles. The van der Waals surface area contributed by atoms with Crippen molar-refractivity contribution < 1.29 is 9.18 Å². The van der Waals surface area contributed by atoms with Crippen LogP contribution in [0.1, 0.15) is 24.3 Å². The van der Waals surface area contributed by atoms with Crippen LogP contribution < -0.4 is 15.5 Å². The number of amides is 1. The zero-order valence-corrected chi connectivity index (χ0v) is 14.5. The molecular weight excluding hydrogens is 333 g/mol. The second kappa shape index (κ2) is 7.37. The maximum absolute atomic E-state index is 14.4. The standard InChI is InChI=1S/C19H22FN5O/c20-17-9-14(13-3-6-21-7-4-13)1-2-18(17)24-19(26)15-11-25(12-15)16-5-8-22-23-10-16/h1-2,5,8-10,13,15,21H,3-4,6-7,11-12H2,(H,24,26). The molecule has 3 heterocycles. The second-order valence-electron chi connectivity index (χ2n) is 6.96.